The van der Waals surface area contributed by atoms with Crippen LogP contribution in [0.4, 0.5) is 13.2 Å². The Morgan fingerprint density at radius 2 is 2.04 bits per heavy atom. The Bertz CT molecular complexity index is 921. The molecule has 1 amide bonds. The maximum Gasteiger partial charge on any atom is 0.416 e. The van der Waals surface area contributed by atoms with E-state index in [9.17, 15) is 18.0 Å². The van der Waals surface area contributed by atoms with Crippen molar-refractivity contribution < 1.29 is 22.4 Å². The van der Waals surface area contributed by atoms with Crippen molar-refractivity contribution in [3.05, 3.63) is 59.7 Å². The van der Waals surface area contributed by atoms with Gasteiger partial charge >= 0.3 is 6.18 Å². The molecule has 0 unspecified atom stereocenters. The Kier molecular flexibility index (Phi) is 5.27. The molecule has 1 aromatic heterocycles. The molecule has 0 spiro atoms. The lowest BCUT2D eigenvalue weighted by atomic mass is 10.1. The molecule has 0 atom stereocenters. The first-order valence-corrected chi connectivity index (χ1v) is 8.38. The number of thioether (sulfide) groups is 1. The van der Waals surface area contributed by atoms with Crippen LogP contribution in [0.3, 0.4) is 0 Å². The van der Waals surface area contributed by atoms with Crippen LogP contribution in [0.5, 0.6) is 0 Å². The van der Waals surface area contributed by atoms with Crippen molar-refractivity contribution in [1.29, 1.82) is 0 Å². The van der Waals surface area contributed by atoms with Gasteiger partial charge in [0, 0.05) is 0 Å². The molecule has 1 N–H and O–H groups in total. The van der Waals surface area contributed by atoms with Crippen LogP contribution in [0.25, 0.3) is 11.1 Å². The van der Waals surface area contributed by atoms with Crippen molar-refractivity contribution in [1.82, 2.24) is 10.4 Å². The van der Waals surface area contributed by atoms with Gasteiger partial charge in [-0.25, -0.2) is 10.4 Å². The van der Waals surface area contributed by atoms with Gasteiger partial charge < -0.3 is 4.42 Å². The predicted octanol–water partition coefficient (Wildman–Crippen LogP) is 4.09. The highest BCUT2D eigenvalue weighted by Crippen LogP contribution is 2.29. The summed E-state index contributed by atoms with van der Waals surface area (Å²) in [4.78, 5) is 16.0. The molecule has 0 bridgehead atoms. The molecule has 1 heterocycles. The fourth-order valence-electron chi connectivity index (χ4n) is 2.05. The quantitative estimate of drug-likeness (QED) is 0.412. The molecule has 3 rings (SSSR count). The second-order valence-electron chi connectivity index (χ2n) is 5.15. The van der Waals surface area contributed by atoms with Gasteiger partial charge in [-0.1, -0.05) is 36.0 Å². The van der Waals surface area contributed by atoms with Crippen LogP contribution in [0.1, 0.15) is 11.1 Å². The van der Waals surface area contributed by atoms with E-state index in [2.05, 4.69) is 15.5 Å². The standard InChI is InChI=1S/C17H12F3N3O2S/c18-17(19,20)12-5-3-4-11(8-12)9-21-23-15(24)10-26-16-22-13-6-1-2-7-14(13)25-16/h1-9H,10H2,(H,23,24). The fourth-order valence-corrected chi connectivity index (χ4v) is 2.68. The first-order chi connectivity index (χ1) is 12.4. The fraction of sp³-hybridized carbons (Fsp3) is 0.118. The van der Waals surface area contributed by atoms with Gasteiger partial charge in [-0.2, -0.15) is 18.3 Å². The summed E-state index contributed by atoms with van der Waals surface area (Å²) in [5.41, 5.74) is 3.02. The van der Waals surface area contributed by atoms with E-state index < -0.39 is 17.6 Å². The smallest absolute Gasteiger partial charge is 0.416 e. The number of carbonyl (C=O) groups is 1. The average molecular weight is 379 g/mol. The molecule has 0 aliphatic heterocycles. The summed E-state index contributed by atoms with van der Waals surface area (Å²) >= 11 is 1.09. The van der Waals surface area contributed by atoms with Gasteiger partial charge in [0.25, 0.3) is 11.1 Å². The topological polar surface area (TPSA) is 67.5 Å². The molecular weight excluding hydrogens is 367 g/mol. The molecule has 2 aromatic carbocycles. The number of rotatable bonds is 5. The van der Waals surface area contributed by atoms with Crippen molar-refractivity contribution in [3.63, 3.8) is 0 Å². The zero-order valence-electron chi connectivity index (χ0n) is 13.2. The minimum absolute atomic E-state index is 0.00670. The van der Waals surface area contributed by atoms with Gasteiger partial charge in [-0.15, -0.1) is 0 Å². The summed E-state index contributed by atoms with van der Waals surface area (Å²) in [5, 5.41) is 4.01. The molecule has 5 nitrogen and oxygen atoms in total. The third kappa shape index (κ3) is 4.63. The molecule has 0 fully saturated rings. The average Bonchev–Trinajstić information content (AvgIpc) is 3.02. The predicted molar refractivity (Wildman–Crippen MR) is 91.9 cm³/mol. The third-order valence-corrected chi connectivity index (χ3v) is 4.05. The van der Waals surface area contributed by atoms with Crippen LogP contribution in [0.2, 0.25) is 0 Å². The lowest BCUT2D eigenvalue weighted by Gasteiger charge is -2.06. The monoisotopic (exact) mass is 379 g/mol. The molecule has 134 valence electrons. The van der Waals surface area contributed by atoms with Gasteiger partial charge in [-0.3, -0.25) is 4.79 Å². The van der Waals surface area contributed by atoms with Crippen LogP contribution < -0.4 is 5.43 Å². The van der Waals surface area contributed by atoms with Crippen molar-refractivity contribution >= 4 is 35.0 Å². The Balaban J connectivity index is 1.53. The number of hydrazone groups is 1. The highest BCUT2D eigenvalue weighted by molar-refractivity contribution is 7.99. The van der Waals surface area contributed by atoms with Crippen LogP contribution in [-0.4, -0.2) is 22.9 Å². The molecule has 9 heteroatoms. The summed E-state index contributed by atoms with van der Waals surface area (Å²) < 4.78 is 43.3. The number of aromatic nitrogens is 1. The normalized spacial score (nSPS) is 12.0. The summed E-state index contributed by atoms with van der Waals surface area (Å²) in [6, 6.07) is 11.8. The SMILES string of the molecule is O=C(CSc1nc2ccccc2o1)NN=Cc1cccc(C(F)(F)F)c1. The molecule has 26 heavy (non-hydrogen) atoms. The number of fused-ring (bicyclic) bond motifs is 1. The first-order valence-electron chi connectivity index (χ1n) is 7.39. The van der Waals surface area contributed by atoms with Crippen LogP contribution >= 0.6 is 11.8 Å². The first kappa shape index (κ1) is 18.0. The number of alkyl halides is 3. The van der Waals surface area contributed by atoms with E-state index in [0.29, 0.717) is 16.3 Å². The van der Waals surface area contributed by atoms with E-state index in [1.165, 1.54) is 12.1 Å². The van der Waals surface area contributed by atoms with E-state index in [-0.39, 0.29) is 11.3 Å². The summed E-state index contributed by atoms with van der Waals surface area (Å²) in [5.74, 6) is -0.423. The van der Waals surface area contributed by atoms with Gasteiger partial charge in [0.1, 0.15) is 5.52 Å². The van der Waals surface area contributed by atoms with E-state index in [4.69, 9.17) is 4.42 Å². The lowest BCUT2D eigenvalue weighted by molar-refractivity contribution is -0.137. The van der Waals surface area contributed by atoms with E-state index in [0.717, 1.165) is 30.1 Å². The number of nitrogens with one attached hydrogen (secondary N) is 1. The molecule has 0 saturated heterocycles. The second-order valence-corrected chi connectivity index (χ2v) is 6.08. The zero-order chi connectivity index (χ0) is 18.6. The van der Waals surface area contributed by atoms with Crippen molar-refractivity contribution in [2.24, 2.45) is 5.10 Å². The number of nitrogens with zero attached hydrogens (tertiary/aromatic N) is 2. The number of para-hydroxylation sites is 2. The van der Waals surface area contributed by atoms with Gasteiger partial charge in [0.05, 0.1) is 17.5 Å². The molecular formula is C17H12F3N3O2S. The molecule has 0 saturated carbocycles. The summed E-state index contributed by atoms with van der Waals surface area (Å²) in [6.07, 6.45) is -3.28. The van der Waals surface area contributed by atoms with Gasteiger partial charge in [-0.05, 0) is 29.8 Å². The number of carbonyl (C=O) groups excluding carboxylic acids is 1. The third-order valence-electron chi connectivity index (χ3n) is 3.22. The highest BCUT2D eigenvalue weighted by Gasteiger charge is 2.30. The van der Waals surface area contributed by atoms with Crippen LogP contribution in [0.15, 0.2) is 63.3 Å². The molecule has 0 aliphatic carbocycles. The number of oxazole rings is 1. The number of hydrogen-bond donors (Lipinski definition) is 1. The Morgan fingerprint density at radius 1 is 1.23 bits per heavy atom. The number of halogens is 3. The number of amides is 1. The highest BCUT2D eigenvalue weighted by atomic mass is 32.2. The molecule has 0 aliphatic rings. The summed E-state index contributed by atoms with van der Waals surface area (Å²) in [6.45, 7) is 0. The number of benzene rings is 2. The van der Waals surface area contributed by atoms with Crippen LogP contribution in [-0.2, 0) is 11.0 Å². The maximum absolute atomic E-state index is 12.6. The van der Waals surface area contributed by atoms with Crippen molar-refractivity contribution in [3.8, 4) is 0 Å². The minimum Gasteiger partial charge on any atom is -0.431 e. The van der Waals surface area contributed by atoms with Crippen LogP contribution in [0, 0.1) is 0 Å². The largest absolute Gasteiger partial charge is 0.431 e. The summed E-state index contributed by atoms with van der Waals surface area (Å²) in [7, 11) is 0. The molecule has 3 aromatic rings. The maximum atomic E-state index is 12.6. The Labute approximate surface area is 150 Å². The molecule has 0 radical (unpaired) electrons. The van der Waals surface area contributed by atoms with Gasteiger partial charge in [0.2, 0.25) is 0 Å². The van der Waals surface area contributed by atoms with Crippen molar-refractivity contribution in [2.45, 2.75) is 11.4 Å². The minimum atomic E-state index is -4.43. The van der Waals surface area contributed by atoms with E-state index >= 15 is 0 Å². The van der Waals surface area contributed by atoms with E-state index in [1.807, 2.05) is 12.1 Å². The Hall–Kier alpha value is -2.81. The van der Waals surface area contributed by atoms with Gasteiger partial charge in [0.15, 0.2) is 5.58 Å². The van der Waals surface area contributed by atoms with Crippen molar-refractivity contribution in [2.75, 3.05) is 5.75 Å². The Morgan fingerprint density at radius 3 is 2.81 bits per heavy atom. The number of hydrogen-bond acceptors (Lipinski definition) is 5. The zero-order valence-corrected chi connectivity index (χ0v) is 14.0. The second kappa shape index (κ2) is 7.61. The van der Waals surface area contributed by atoms with E-state index in [1.54, 1.807) is 12.1 Å². The lowest BCUT2D eigenvalue weighted by Crippen LogP contribution is -2.19.